The predicted molar refractivity (Wildman–Crippen MR) is 137 cm³/mol. The van der Waals surface area contributed by atoms with E-state index >= 15 is 0 Å². The van der Waals surface area contributed by atoms with Crippen molar-refractivity contribution in [1.29, 1.82) is 0 Å². The maximum Gasteiger partial charge on any atom is 0.257 e. The van der Waals surface area contributed by atoms with Crippen LogP contribution in [-0.4, -0.2) is 26.5 Å². The van der Waals surface area contributed by atoms with E-state index in [4.69, 9.17) is 15.7 Å². The van der Waals surface area contributed by atoms with E-state index < -0.39 is 0 Å². The third-order valence-electron chi connectivity index (χ3n) is 6.07. The summed E-state index contributed by atoms with van der Waals surface area (Å²) in [7, 11) is 0. The number of aryl methyl sites for hydroxylation is 2. The number of benzene rings is 3. The number of nitrogen functional groups attached to an aromatic ring is 1. The van der Waals surface area contributed by atoms with Gasteiger partial charge in [-0.15, -0.1) is 0 Å². The fourth-order valence-electron chi connectivity index (χ4n) is 4.31. The van der Waals surface area contributed by atoms with E-state index in [1.165, 1.54) is 5.56 Å². The Morgan fingerprint density at radius 3 is 2.41 bits per heavy atom. The minimum atomic E-state index is -0.237. The van der Waals surface area contributed by atoms with Crippen LogP contribution in [0.2, 0.25) is 0 Å². The van der Waals surface area contributed by atoms with Crippen LogP contribution in [0.1, 0.15) is 34.8 Å². The molecular formula is C28H27N5O. The Balaban J connectivity index is 1.55. The SMILES string of the molecule is Cc1cccc(-n2c(N)c(C(=O)NC(C)CCc3ccccc3)c3nc4ccccc4nc32)c1. The fraction of sp³-hybridized carbons (Fsp3) is 0.179. The van der Waals surface area contributed by atoms with Gasteiger partial charge in [0.2, 0.25) is 0 Å². The van der Waals surface area contributed by atoms with Crippen molar-refractivity contribution in [3.63, 3.8) is 0 Å². The lowest BCUT2D eigenvalue weighted by Gasteiger charge is -2.14. The van der Waals surface area contributed by atoms with E-state index in [0.29, 0.717) is 22.5 Å². The van der Waals surface area contributed by atoms with E-state index in [-0.39, 0.29) is 11.9 Å². The number of para-hydroxylation sites is 2. The zero-order valence-corrected chi connectivity index (χ0v) is 19.3. The van der Waals surface area contributed by atoms with Crippen molar-refractivity contribution >= 4 is 33.9 Å². The molecule has 0 aliphatic rings. The largest absolute Gasteiger partial charge is 0.384 e. The second-order valence-corrected chi connectivity index (χ2v) is 8.72. The van der Waals surface area contributed by atoms with E-state index in [1.807, 2.05) is 85.1 Å². The van der Waals surface area contributed by atoms with Gasteiger partial charge in [0.05, 0.1) is 11.0 Å². The molecule has 6 nitrogen and oxygen atoms in total. The van der Waals surface area contributed by atoms with Crippen molar-refractivity contribution in [2.75, 3.05) is 5.73 Å². The van der Waals surface area contributed by atoms with Crippen molar-refractivity contribution in [3.8, 4) is 5.69 Å². The molecule has 5 rings (SSSR count). The Morgan fingerprint density at radius 2 is 1.68 bits per heavy atom. The molecule has 0 fully saturated rings. The van der Waals surface area contributed by atoms with Crippen LogP contribution in [0.25, 0.3) is 27.9 Å². The summed E-state index contributed by atoms with van der Waals surface area (Å²) in [6, 6.07) is 25.9. The van der Waals surface area contributed by atoms with Gasteiger partial charge in [-0.25, -0.2) is 9.97 Å². The molecule has 0 saturated carbocycles. The van der Waals surface area contributed by atoms with E-state index in [0.717, 1.165) is 35.1 Å². The van der Waals surface area contributed by atoms with Gasteiger partial charge in [0.1, 0.15) is 16.9 Å². The Morgan fingerprint density at radius 1 is 0.971 bits per heavy atom. The highest BCUT2D eigenvalue weighted by Crippen LogP contribution is 2.31. The number of carbonyl (C=O) groups excluding carboxylic acids is 1. The number of nitrogens with one attached hydrogen (secondary N) is 1. The summed E-state index contributed by atoms with van der Waals surface area (Å²) < 4.78 is 1.82. The molecule has 1 unspecified atom stereocenters. The van der Waals surface area contributed by atoms with Gasteiger partial charge in [-0.05, 0) is 62.1 Å². The molecule has 0 aliphatic carbocycles. The molecule has 6 heteroatoms. The molecule has 0 bridgehead atoms. The molecule has 0 radical (unpaired) electrons. The van der Waals surface area contributed by atoms with Gasteiger partial charge >= 0.3 is 0 Å². The molecule has 34 heavy (non-hydrogen) atoms. The molecule has 170 valence electrons. The number of hydrogen-bond donors (Lipinski definition) is 2. The zero-order valence-electron chi connectivity index (χ0n) is 19.3. The van der Waals surface area contributed by atoms with Gasteiger partial charge in [-0.3, -0.25) is 9.36 Å². The fourth-order valence-corrected chi connectivity index (χ4v) is 4.31. The summed E-state index contributed by atoms with van der Waals surface area (Å²) in [5.41, 5.74) is 12.7. The first-order valence-corrected chi connectivity index (χ1v) is 11.5. The molecule has 5 aromatic rings. The average molecular weight is 450 g/mol. The normalized spacial score (nSPS) is 12.2. The minimum absolute atomic E-state index is 0.0297. The number of rotatable bonds is 6. The average Bonchev–Trinajstić information content (AvgIpc) is 3.12. The van der Waals surface area contributed by atoms with Crippen molar-refractivity contribution in [2.45, 2.75) is 32.7 Å². The van der Waals surface area contributed by atoms with Gasteiger partial charge in [-0.1, -0.05) is 54.6 Å². The topological polar surface area (TPSA) is 85.8 Å². The number of hydrogen-bond acceptors (Lipinski definition) is 4. The summed E-state index contributed by atoms with van der Waals surface area (Å²) in [5.74, 6) is 0.0997. The van der Waals surface area contributed by atoms with Crippen molar-refractivity contribution in [3.05, 3.63) is 95.6 Å². The third kappa shape index (κ3) is 4.10. The summed E-state index contributed by atoms with van der Waals surface area (Å²) in [6.07, 6.45) is 1.70. The lowest BCUT2D eigenvalue weighted by molar-refractivity contribution is 0.0941. The third-order valence-corrected chi connectivity index (χ3v) is 6.07. The van der Waals surface area contributed by atoms with Crippen LogP contribution in [0.5, 0.6) is 0 Å². The molecule has 2 aromatic heterocycles. The summed E-state index contributed by atoms with van der Waals surface area (Å²) in [5, 5.41) is 3.12. The summed E-state index contributed by atoms with van der Waals surface area (Å²) in [4.78, 5) is 23.1. The zero-order chi connectivity index (χ0) is 23.7. The lowest BCUT2D eigenvalue weighted by atomic mass is 10.1. The predicted octanol–water partition coefficient (Wildman–Crippen LogP) is 5.22. The first-order valence-electron chi connectivity index (χ1n) is 11.5. The van der Waals surface area contributed by atoms with Crippen LogP contribution in [-0.2, 0) is 6.42 Å². The van der Waals surface area contributed by atoms with Crippen LogP contribution in [0.15, 0.2) is 78.9 Å². The lowest BCUT2D eigenvalue weighted by Crippen LogP contribution is -2.33. The van der Waals surface area contributed by atoms with E-state index in [9.17, 15) is 4.79 Å². The summed E-state index contributed by atoms with van der Waals surface area (Å²) >= 11 is 0. The highest BCUT2D eigenvalue weighted by molar-refractivity contribution is 6.11. The van der Waals surface area contributed by atoms with Gasteiger partial charge in [0.15, 0.2) is 5.65 Å². The molecular weight excluding hydrogens is 422 g/mol. The Bertz CT molecular complexity index is 1490. The minimum Gasteiger partial charge on any atom is -0.384 e. The highest BCUT2D eigenvalue weighted by Gasteiger charge is 2.25. The van der Waals surface area contributed by atoms with Gasteiger partial charge in [0.25, 0.3) is 5.91 Å². The molecule has 1 atom stereocenters. The first kappa shape index (κ1) is 21.6. The van der Waals surface area contributed by atoms with Crippen molar-refractivity contribution in [2.24, 2.45) is 0 Å². The molecule has 2 heterocycles. The molecule has 0 spiro atoms. The van der Waals surface area contributed by atoms with Crippen LogP contribution >= 0.6 is 0 Å². The number of fused-ring (bicyclic) bond motifs is 2. The molecule has 1 amide bonds. The van der Waals surface area contributed by atoms with Gasteiger partial charge in [0, 0.05) is 11.7 Å². The molecule has 3 aromatic carbocycles. The van der Waals surface area contributed by atoms with Crippen molar-refractivity contribution < 1.29 is 4.79 Å². The second kappa shape index (κ2) is 8.98. The standard InChI is InChI=1S/C28H27N5O/c1-18-9-8-12-21(17-18)33-26(29)24(25-27(33)32-23-14-7-6-13-22(23)31-25)28(34)30-19(2)15-16-20-10-4-3-5-11-20/h3-14,17,19H,15-16,29H2,1-2H3,(H,30,34). The first-order chi connectivity index (χ1) is 16.5. The quantitative estimate of drug-likeness (QED) is 0.372. The monoisotopic (exact) mass is 449 g/mol. The number of nitrogens with zero attached hydrogens (tertiary/aromatic N) is 3. The van der Waals surface area contributed by atoms with Crippen LogP contribution in [0.4, 0.5) is 5.82 Å². The molecule has 0 saturated heterocycles. The van der Waals surface area contributed by atoms with Crippen molar-refractivity contribution in [1.82, 2.24) is 19.9 Å². The van der Waals surface area contributed by atoms with Gasteiger partial charge in [-0.2, -0.15) is 0 Å². The number of aromatic nitrogens is 3. The number of anilines is 1. The van der Waals surface area contributed by atoms with Gasteiger partial charge < -0.3 is 11.1 Å². The van der Waals surface area contributed by atoms with Crippen LogP contribution in [0, 0.1) is 6.92 Å². The van der Waals surface area contributed by atoms with Crippen LogP contribution < -0.4 is 11.1 Å². The maximum atomic E-state index is 13.5. The molecule has 0 aliphatic heterocycles. The summed E-state index contributed by atoms with van der Waals surface area (Å²) in [6.45, 7) is 4.03. The number of nitrogens with two attached hydrogens (primary N) is 1. The number of amides is 1. The van der Waals surface area contributed by atoms with Crippen LogP contribution in [0.3, 0.4) is 0 Å². The smallest absolute Gasteiger partial charge is 0.257 e. The Kier molecular flexibility index (Phi) is 5.72. The Labute approximate surface area is 198 Å². The maximum absolute atomic E-state index is 13.5. The molecule has 3 N–H and O–H groups in total. The second-order valence-electron chi connectivity index (χ2n) is 8.72. The highest BCUT2D eigenvalue weighted by atomic mass is 16.1. The van der Waals surface area contributed by atoms with E-state index in [1.54, 1.807) is 0 Å². The Hall–Kier alpha value is -4.19. The van der Waals surface area contributed by atoms with E-state index in [2.05, 4.69) is 17.4 Å². The number of carbonyl (C=O) groups is 1.